The highest BCUT2D eigenvalue weighted by molar-refractivity contribution is 7.54. The molecule has 1 unspecified atom stereocenters. The first-order valence-electron chi connectivity index (χ1n) is 3.28. The molecular formula is C5H12NO5P. The summed E-state index contributed by atoms with van der Waals surface area (Å²) in [6.07, 6.45) is -0.191. The second-order valence-corrected chi connectivity index (χ2v) is 4.40. The smallest absolute Gasteiger partial charge is 0.343 e. The van der Waals surface area contributed by atoms with E-state index in [2.05, 4.69) is 0 Å². The molecule has 72 valence electrons. The zero-order valence-corrected chi connectivity index (χ0v) is 7.49. The Labute approximate surface area is 69.5 Å². The van der Waals surface area contributed by atoms with Gasteiger partial charge in [0.2, 0.25) is 5.91 Å². The van der Waals surface area contributed by atoms with E-state index >= 15 is 0 Å². The minimum Gasteiger partial charge on any atom is -0.395 e. The lowest BCUT2D eigenvalue weighted by Crippen LogP contribution is -2.46. The summed E-state index contributed by atoms with van der Waals surface area (Å²) in [5, 5.41) is 6.57. The third-order valence-corrected chi connectivity index (χ3v) is 3.66. The molecule has 0 spiro atoms. The van der Waals surface area contributed by atoms with Gasteiger partial charge in [0.15, 0.2) is 5.16 Å². The topological polar surface area (TPSA) is 121 Å². The van der Waals surface area contributed by atoms with Gasteiger partial charge in [0.05, 0.1) is 6.61 Å². The first-order valence-corrected chi connectivity index (χ1v) is 4.89. The number of aliphatic hydroxyl groups is 1. The van der Waals surface area contributed by atoms with Crippen LogP contribution in [0.2, 0.25) is 0 Å². The standard InChI is InChI=1S/C5H12NO5P/c1-2-5(3-7,4(6)8)12(9,10)11/h7H,2-3H2,1H3,(H2,6,8)(H2,9,10,11). The third kappa shape index (κ3) is 1.67. The van der Waals surface area contributed by atoms with E-state index in [1.807, 2.05) is 0 Å². The van der Waals surface area contributed by atoms with Crippen LogP contribution in [0, 0.1) is 0 Å². The number of aliphatic hydroxyl groups excluding tert-OH is 1. The summed E-state index contributed by atoms with van der Waals surface area (Å²) < 4.78 is 10.8. The summed E-state index contributed by atoms with van der Waals surface area (Å²) in [5.74, 6) is -1.18. The van der Waals surface area contributed by atoms with Gasteiger partial charge in [0, 0.05) is 0 Å². The minimum absolute atomic E-state index is 0.191. The van der Waals surface area contributed by atoms with Gasteiger partial charge in [-0.15, -0.1) is 0 Å². The minimum atomic E-state index is -4.69. The van der Waals surface area contributed by atoms with Crippen molar-refractivity contribution >= 4 is 13.5 Å². The van der Waals surface area contributed by atoms with Crippen LogP contribution in [-0.2, 0) is 9.36 Å². The Morgan fingerprint density at radius 1 is 1.58 bits per heavy atom. The maximum atomic E-state index is 10.8. The van der Waals surface area contributed by atoms with Crippen molar-refractivity contribution < 1.29 is 24.3 Å². The summed E-state index contributed by atoms with van der Waals surface area (Å²) in [4.78, 5) is 28.2. The van der Waals surface area contributed by atoms with Gasteiger partial charge in [0.1, 0.15) is 0 Å². The first kappa shape index (κ1) is 11.6. The van der Waals surface area contributed by atoms with Crippen LogP contribution in [0.25, 0.3) is 0 Å². The molecule has 6 nitrogen and oxygen atoms in total. The monoisotopic (exact) mass is 197 g/mol. The Morgan fingerprint density at radius 2 is 2.00 bits per heavy atom. The largest absolute Gasteiger partial charge is 0.395 e. The molecule has 0 aromatic carbocycles. The van der Waals surface area contributed by atoms with Gasteiger partial charge in [-0.05, 0) is 6.42 Å². The fourth-order valence-electron chi connectivity index (χ4n) is 0.806. The van der Waals surface area contributed by atoms with Crippen molar-refractivity contribution in [1.82, 2.24) is 0 Å². The Hall–Kier alpha value is -0.420. The number of primary amides is 1. The van der Waals surface area contributed by atoms with E-state index in [4.69, 9.17) is 20.6 Å². The van der Waals surface area contributed by atoms with Crippen LogP contribution < -0.4 is 5.73 Å². The maximum Gasteiger partial charge on any atom is 0.343 e. The van der Waals surface area contributed by atoms with Crippen LogP contribution >= 0.6 is 7.60 Å². The quantitative estimate of drug-likeness (QED) is 0.421. The van der Waals surface area contributed by atoms with Crippen molar-refractivity contribution in [2.45, 2.75) is 18.5 Å². The molecule has 0 aromatic heterocycles. The normalized spacial score (nSPS) is 17.0. The molecule has 5 N–H and O–H groups in total. The van der Waals surface area contributed by atoms with Crippen LogP contribution in [0.15, 0.2) is 0 Å². The van der Waals surface area contributed by atoms with Crippen LogP contribution in [0.3, 0.4) is 0 Å². The third-order valence-electron chi connectivity index (χ3n) is 1.86. The van der Waals surface area contributed by atoms with Crippen LogP contribution in [-0.4, -0.2) is 32.6 Å². The fraction of sp³-hybridized carbons (Fsp3) is 0.800. The van der Waals surface area contributed by atoms with Crippen LogP contribution in [0.4, 0.5) is 0 Å². The molecule has 0 radical (unpaired) electrons. The van der Waals surface area contributed by atoms with Crippen molar-refractivity contribution in [1.29, 1.82) is 0 Å². The summed E-state index contributed by atoms with van der Waals surface area (Å²) in [5.41, 5.74) is 4.79. The highest BCUT2D eigenvalue weighted by atomic mass is 31.2. The number of rotatable bonds is 4. The molecule has 1 amide bonds. The van der Waals surface area contributed by atoms with Crippen LogP contribution in [0.5, 0.6) is 0 Å². The molecule has 0 aliphatic rings. The van der Waals surface area contributed by atoms with Crippen molar-refractivity contribution in [3.63, 3.8) is 0 Å². The predicted octanol–water partition coefficient (Wildman–Crippen LogP) is -1.21. The zero-order chi connectivity index (χ0) is 9.99. The Balaban J connectivity index is 5.12. The molecule has 0 bridgehead atoms. The van der Waals surface area contributed by atoms with Crippen molar-refractivity contribution in [2.75, 3.05) is 6.61 Å². The first-order chi connectivity index (χ1) is 5.31. The predicted molar refractivity (Wildman–Crippen MR) is 41.3 cm³/mol. The molecule has 7 heteroatoms. The van der Waals surface area contributed by atoms with E-state index in [0.717, 1.165) is 0 Å². The molecule has 12 heavy (non-hydrogen) atoms. The molecule has 0 fully saturated rings. The van der Waals surface area contributed by atoms with Gasteiger partial charge < -0.3 is 20.6 Å². The van der Waals surface area contributed by atoms with E-state index < -0.39 is 25.3 Å². The van der Waals surface area contributed by atoms with Gasteiger partial charge >= 0.3 is 7.60 Å². The van der Waals surface area contributed by atoms with Gasteiger partial charge in [0.25, 0.3) is 0 Å². The molecule has 0 heterocycles. The SMILES string of the molecule is CCC(CO)(C(N)=O)P(=O)(O)O. The number of amides is 1. The number of hydrogen-bond acceptors (Lipinski definition) is 3. The lowest BCUT2D eigenvalue weighted by Gasteiger charge is -2.27. The van der Waals surface area contributed by atoms with E-state index in [1.54, 1.807) is 0 Å². The van der Waals surface area contributed by atoms with Crippen molar-refractivity contribution in [2.24, 2.45) is 5.73 Å². The highest BCUT2D eigenvalue weighted by Gasteiger charge is 2.50. The lowest BCUT2D eigenvalue weighted by atomic mass is 10.1. The van der Waals surface area contributed by atoms with Crippen molar-refractivity contribution in [3.8, 4) is 0 Å². The summed E-state index contributed by atoms with van der Waals surface area (Å²) in [6.45, 7) is 0.434. The number of hydrogen-bond donors (Lipinski definition) is 4. The number of carbonyl (C=O) groups is 1. The second kappa shape index (κ2) is 3.53. The van der Waals surface area contributed by atoms with Crippen molar-refractivity contribution in [3.05, 3.63) is 0 Å². The molecular weight excluding hydrogens is 185 g/mol. The van der Waals surface area contributed by atoms with Gasteiger partial charge in [-0.2, -0.15) is 0 Å². The number of carbonyl (C=O) groups excluding carboxylic acids is 1. The zero-order valence-electron chi connectivity index (χ0n) is 6.60. The van der Waals surface area contributed by atoms with E-state index in [0.29, 0.717) is 0 Å². The summed E-state index contributed by atoms with van der Waals surface area (Å²) in [7, 11) is -4.69. The van der Waals surface area contributed by atoms with Gasteiger partial charge in [-0.3, -0.25) is 9.36 Å². The molecule has 0 saturated heterocycles. The summed E-state index contributed by atoms with van der Waals surface area (Å²) >= 11 is 0. The number of nitrogens with two attached hydrogens (primary N) is 1. The van der Waals surface area contributed by atoms with Crippen LogP contribution in [0.1, 0.15) is 13.3 Å². The van der Waals surface area contributed by atoms with Gasteiger partial charge in [-0.25, -0.2) is 0 Å². The molecule has 0 rings (SSSR count). The molecule has 0 aliphatic heterocycles. The lowest BCUT2D eigenvalue weighted by molar-refractivity contribution is -0.122. The Morgan fingerprint density at radius 3 is 2.00 bits per heavy atom. The molecule has 1 atom stereocenters. The average Bonchev–Trinajstić information content (AvgIpc) is 1.87. The Kier molecular flexibility index (Phi) is 3.41. The van der Waals surface area contributed by atoms with Gasteiger partial charge in [-0.1, -0.05) is 6.92 Å². The molecule has 0 aromatic rings. The Bertz CT molecular complexity index is 218. The molecule has 0 aliphatic carbocycles. The summed E-state index contributed by atoms with van der Waals surface area (Å²) in [6, 6.07) is 0. The fourth-order valence-corrected chi connectivity index (χ4v) is 1.69. The second-order valence-electron chi connectivity index (χ2n) is 2.45. The maximum absolute atomic E-state index is 10.8. The average molecular weight is 197 g/mol. The highest BCUT2D eigenvalue weighted by Crippen LogP contribution is 2.51. The van der Waals surface area contributed by atoms with E-state index in [-0.39, 0.29) is 6.42 Å². The van der Waals surface area contributed by atoms with E-state index in [9.17, 15) is 9.36 Å². The van der Waals surface area contributed by atoms with E-state index in [1.165, 1.54) is 6.92 Å². The molecule has 0 saturated carbocycles.